The van der Waals surface area contributed by atoms with Gasteiger partial charge in [0.25, 0.3) is 0 Å². The number of ether oxygens (including phenoxy) is 1. The van der Waals surface area contributed by atoms with Gasteiger partial charge in [-0.1, -0.05) is 36.4 Å². The van der Waals surface area contributed by atoms with E-state index < -0.39 is 17.0 Å². The van der Waals surface area contributed by atoms with E-state index in [2.05, 4.69) is 0 Å². The van der Waals surface area contributed by atoms with Gasteiger partial charge in [-0.25, -0.2) is 13.4 Å². The van der Waals surface area contributed by atoms with E-state index in [4.69, 9.17) is 9.29 Å². The summed E-state index contributed by atoms with van der Waals surface area (Å²) in [5.74, 6) is -0.754. The molecular formula is C17H13FO4S. The summed E-state index contributed by atoms with van der Waals surface area (Å²) in [7, 11) is 0. The maximum atomic E-state index is 13.1. The first kappa shape index (κ1) is 15.6. The monoisotopic (exact) mass is 332 g/mol. The Labute approximate surface area is 134 Å². The van der Waals surface area contributed by atoms with E-state index >= 15 is 0 Å². The van der Waals surface area contributed by atoms with Gasteiger partial charge in [0.1, 0.15) is 12.4 Å². The minimum Gasteiger partial charge on any atom is -0.457 e. The first-order valence-corrected chi connectivity index (χ1v) is 8.15. The van der Waals surface area contributed by atoms with Crippen LogP contribution in [-0.4, -0.2) is 21.3 Å². The largest absolute Gasteiger partial charge is 0.457 e. The fourth-order valence-electron chi connectivity index (χ4n) is 2.49. The highest BCUT2D eigenvalue weighted by molar-refractivity contribution is 7.78. The van der Waals surface area contributed by atoms with Gasteiger partial charge in [-0.15, -0.1) is 0 Å². The fourth-order valence-corrected chi connectivity index (χ4v) is 2.96. The van der Waals surface area contributed by atoms with E-state index in [1.807, 2.05) is 0 Å². The van der Waals surface area contributed by atoms with Crippen LogP contribution < -0.4 is 0 Å². The molecule has 2 aromatic carbocycles. The fraction of sp³-hybridized carbons (Fsp3) is 0.118. The van der Waals surface area contributed by atoms with Crippen LogP contribution in [-0.2, 0) is 26.4 Å². The predicted molar refractivity (Wildman–Crippen MR) is 85.1 cm³/mol. The van der Waals surface area contributed by atoms with Crippen LogP contribution in [0.15, 0.2) is 48.5 Å². The lowest BCUT2D eigenvalue weighted by molar-refractivity contribution is -0.133. The number of carbonyl (C=O) groups excluding carboxylic acids is 1. The van der Waals surface area contributed by atoms with Crippen LogP contribution in [0.2, 0.25) is 0 Å². The summed E-state index contributed by atoms with van der Waals surface area (Å²) < 4.78 is 37.9. The molecule has 2 aromatic rings. The molecule has 23 heavy (non-hydrogen) atoms. The van der Waals surface area contributed by atoms with Crippen molar-refractivity contribution in [2.45, 2.75) is 5.75 Å². The highest BCUT2D eigenvalue weighted by Crippen LogP contribution is 2.33. The summed E-state index contributed by atoms with van der Waals surface area (Å²) in [6.45, 7) is 0.150. The number of halogens is 1. The second-order valence-corrected chi connectivity index (χ2v) is 6.03. The highest BCUT2D eigenvalue weighted by atomic mass is 32.2. The molecule has 3 rings (SSSR count). The third-order valence-corrected chi connectivity index (χ3v) is 4.16. The van der Waals surface area contributed by atoms with E-state index in [0.717, 1.165) is 16.7 Å². The number of hydrogen-bond acceptors (Lipinski definition) is 3. The van der Waals surface area contributed by atoms with Gasteiger partial charge < -0.3 is 9.29 Å². The zero-order valence-electron chi connectivity index (χ0n) is 12.0. The Morgan fingerprint density at radius 2 is 1.65 bits per heavy atom. The standard InChI is InChI=1S/C17H13FO4S/c18-14-7-5-13(6-8-14)16-15(9-22-17(16)19)12-3-1-11(2-4-12)10-23(20)21/h1-8H,9-10H2,(H,20,21). The molecule has 0 aromatic heterocycles. The maximum Gasteiger partial charge on any atom is 0.339 e. The zero-order valence-corrected chi connectivity index (χ0v) is 12.8. The zero-order chi connectivity index (χ0) is 16.4. The highest BCUT2D eigenvalue weighted by Gasteiger charge is 2.27. The van der Waals surface area contributed by atoms with Crippen molar-refractivity contribution >= 4 is 28.2 Å². The quantitative estimate of drug-likeness (QED) is 0.690. The molecule has 4 nitrogen and oxygen atoms in total. The van der Waals surface area contributed by atoms with Crippen molar-refractivity contribution in [2.75, 3.05) is 6.61 Å². The molecule has 1 N–H and O–H groups in total. The predicted octanol–water partition coefficient (Wildman–Crippen LogP) is 3.02. The van der Waals surface area contributed by atoms with Crippen molar-refractivity contribution in [1.82, 2.24) is 0 Å². The van der Waals surface area contributed by atoms with Crippen molar-refractivity contribution < 1.29 is 22.7 Å². The first-order valence-electron chi connectivity index (χ1n) is 6.87. The second kappa shape index (κ2) is 6.44. The third-order valence-electron chi connectivity index (χ3n) is 3.58. The van der Waals surface area contributed by atoms with E-state index in [0.29, 0.717) is 11.1 Å². The first-order chi connectivity index (χ1) is 11.0. The molecule has 6 heteroatoms. The van der Waals surface area contributed by atoms with Crippen LogP contribution in [0.4, 0.5) is 4.39 Å². The third kappa shape index (κ3) is 3.38. The molecule has 0 spiro atoms. The lowest BCUT2D eigenvalue weighted by Gasteiger charge is -2.06. The topological polar surface area (TPSA) is 63.6 Å². The molecular weight excluding hydrogens is 319 g/mol. The van der Waals surface area contributed by atoms with Crippen LogP contribution in [0, 0.1) is 5.82 Å². The molecule has 1 aliphatic heterocycles. The molecule has 1 heterocycles. The summed E-state index contributed by atoms with van der Waals surface area (Å²) in [5.41, 5.74) is 3.26. The molecule has 0 saturated carbocycles. The molecule has 0 bridgehead atoms. The Bertz CT molecular complexity index is 794. The average Bonchev–Trinajstić information content (AvgIpc) is 2.90. The Kier molecular flexibility index (Phi) is 4.36. The molecule has 0 fully saturated rings. The Morgan fingerprint density at radius 3 is 2.26 bits per heavy atom. The van der Waals surface area contributed by atoms with Gasteiger partial charge in [-0.3, -0.25) is 0 Å². The van der Waals surface area contributed by atoms with Gasteiger partial charge >= 0.3 is 5.97 Å². The summed E-state index contributed by atoms with van der Waals surface area (Å²) >= 11 is -1.90. The van der Waals surface area contributed by atoms with Crippen LogP contribution >= 0.6 is 0 Å². The van der Waals surface area contributed by atoms with Gasteiger partial charge in [0.15, 0.2) is 11.1 Å². The Hall–Kier alpha value is -2.31. The van der Waals surface area contributed by atoms with Gasteiger partial charge in [-0.2, -0.15) is 0 Å². The molecule has 1 aliphatic rings. The maximum absolute atomic E-state index is 13.1. The minimum atomic E-state index is -1.90. The van der Waals surface area contributed by atoms with Crippen molar-refractivity contribution in [2.24, 2.45) is 0 Å². The van der Waals surface area contributed by atoms with E-state index in [1.165, 1.54) is 12.1 Å². The van der Waals surface area contributed by atoms with E-state index in [9.17, 15) is 13.4 Å². The second-order valence-electron chi connectivity index (χ2n) is 5.10. The van der Waals surface area contributed by atoms with Crippen LogP contribution in [0.1, 0.15) is 16.7 Å². The number of carbonyl (C=O) groups is 1. The molecule has 0 amide bonds. The summed E-state index contributed by atoms with van der Waals surface area (Å²) in [6, 6.07) is 12.7. The van der Waals surface area contributed by atoms with Crippen molar-refractivity contribution in [3.63, 3.8) is 0 Å². The Morgan fingerprint density at radius 1 is 1.04 bits per heavy atom. The smallest absolute Gasteiger partial charge is 0.339 e. The lowest BCUT2D eigenvalue weighted by atomic mass is 9.96. The number of rotatable bonds is 4. The van der Waals surface area contributed by atoms with Crippen LogP contribution in [0.25, 0.3) is 11.1 Å². The van der Waals surface area contributed by atoms with Crippen LogP contribution in [0.3, 0.4) is 0 Å². The molecule has 118 valence electrons. The van der Waals surface area contributed by atoms with Crippen LogP contribution in [0.5, 0.6) is 0 Å². The van der Waals surface area contributed by atoms with E-state index in [-0.39, 0.29) is 18.2 Å². The number of cyclic esters (lactones) is 1. The Balaban J connectivity index is 1.99. The normalized spacial score (nSPS) is 15.7. The van der Waals surface area contributed by atoms with Crippen molar-refractivity contribution in [3.05, 3.63) is 71.0 Å². The molecule has 0 radical (unpaired) electrons. The SMILES string of the molecule is O=C1OCC(c2ccc(CS(=O)O)cc2)=C1c1ccc(F)cc1. The molecule has 0 saturated heterocycles. The number of esters is 1. The average molecular weight is 332 g/mol. The van der Waals surface area contributed by atoms with Crippen molar-refractivity contribution in [3.8, 4) is 0 Å². The molecule has 1 atom stereocenters. The lowest BCUT2D eigenvalue weighted by Crippen LogP contribution is -1.98. The summed E-state index contributed by atoms with van der Waals surface area (Å²) in [6.07, 6.45) is 0. The van der Waals surface area contributed by atoms with Gasteiger partial charge in [0, 0.05) is 5.57 Å². The van der Waals surface area contributed by atoms with Gasteiger partial charge in [-0.05, 0) is 28.8 Å². The van der Waals surface area contributed by atoms with Gasteiger partial charge in [0.05, 0.1) is 11.3 Å². The van der Waals surface area contributed by atoms with Crippen molar-refractivity contribution in [1.29, 1.82) is 0 Å². The number of benzene rings is 2. The minimum absolute atomic E-state index is 0.0551. The van der Waals surface area contributed by atoms with Gasteiger partial charge in [0.2, 0.25) is 0 Å². The summed E-state index contributed by atoms with van der Waals surface area (Å²) in [4.78, 5) is 12.0. The summed E-state index contributed by atoms with van der Waals surface area (Å²) in [5, 5.41) is 0. The number of hydrogen-bond donors (Lipinski definition) is 1. The molecule has 1 unspecified atom stereocenters. The molecule has 0 aliphatic carbocycles. The van der Waals surface area contributed by atoms with E-state index in [1.54, 1.807) is 36.4 Å².